The maximum Gasteiger partial charge on any atom is 0.533 e. The molecule has 0 atom stereocenters. The lowest BCUT2D eigenvalue weighted by Gasteiger charge is -2.17. The Labute approximate surface area is 110 Å². The number of anilines is 1. The normalized spacial score (nSPS) is 11.3. The van der Waals surface area contributed by atoms with Gasteiger partial charge >= 0.3 is 17.7 Å². The Bertz CT molecular complexity index is 461. The minimum absolute atomic E-state index is 0.0606. The number of carbonyl (C=O) groups excluding carboxylic acids is 2. The number of ether oxygens (including phenoxy) is 1. The Morgan fingerprint density at radius 2 is 2.11 bits per heavy atom. The molecule has 0 unspecified atom stereocenters. The van der Waals surface area contributed by atoms with Crippen molar-refractivity contribution in [3.05, 3.63) is 5.69 Å². The fraction of sp³-hybridized carbons (Fsp3) is 0.636. The molecule has 0 aliphatic heterocycles. The van der Waals surface area contributed by atoms with Crippen molar-refractivity contribution in [3.63, 3.8) is 0 Å². The van der Waals surface area contributed by atoms with E-state index in [0.717, 1.165) is 0 Å². The molecule has 0 saturated carbocycles. The van der Waals surface area contributed by atoms with Gasteiger partial charge in [0.2, 0.25) is 11.6 Å². The van der Waals surface area contributed by atoms with Crippen molar-refractivity contribution in [1.29, 1.82) is 0 Å². The van der Waals surface area contributed by atoms with Crippen LogP contribution in [0, 0.1) is 0 Å². The fourth-order valence-corrected chi connectivity index (χ4v) is 1.19. The highest BCUT2D eigenvalue weighted by Crippen LogP contribution is 2.12. The molecule has 0 bridgehead atoms. The van der Waals surface area contributed by atoms with Crippen LogP contribution in [0.3, 0.4) is 0 Å². The maximum absolute atomic E-state index is 11.3. The second-order valence-corrected chi connectivity index (χ2v) is 5.11. The van der Waals surface area contributed by atoms with E-state index in [4.69, 9.17) is 9.26 Å². The van der Waals surface area contributed by atoms with Gasteiger partial charge in [0.1, 0.15) is 5.60 Å². The lowest BCUT2D eigenvalue weighted by molar-refractivity contribution is -0.780. The van der Waals surface area contributed by atoms with Gasteiger partial charge in [0.25, 0.3) is 0 Å². The minimum Gasteiger partial charge on any atom is -0.427 e. The van der Waals surface area contributed by atoms with Crippen molar-refractivity contribution >= 4 is 18.3 Å². The van der Waals surface area contributed by atoms with E-state index in [1.807, 2.05) is 13.8 Å². The summed E-state index contributed by atoms with van der Waals surface area (Å²) in [6.07, 6.45) is -0.381. The van der Waals surface area contributed by atoms with Crippen molar-refractivity contribution in [3.8, 4) is 0 Å². The van der Waals surface area contributed by atoms with Crippen LogP contribution >= 0.6 is 0 Å². The van der Waals surface area contributed by atoms with Crippen LogP contribution in [0.4, 0.5) is 10.7 Å². The van der Waals surface area contributed by atoms with Crippen LogP contribution in [0.15, 0.2) is 4.52 Å². The topological polar surface area (TPSA) is 94.5 Å². The first-order valence-electron chi connectivity index (χ1n) is 5.77. The van der Waals surface area contributed by atoms with E-state index in [9.17, 15) is 9.59 Å². The van der Waals surface area contributed by atoms with Crippen molar-refractivity contribution in [2.45, 2.75) is 46.3 Å². The average Bonchev–Trinajstić information content (AvgIpc) is 2.66. The number of rotatable bonds is 4. The van der Waals surface area contributed by atoms with Gasteiger partial charge in [-0.2, -0.15) is 5.48 Å². The maximum atomic E-state index is 11.3. The van der Waals surface area contributed by atoms with Crippen LogP contribution < -0.4 is 10.2 Å². The SMILES string of the molecule is CC(C)[n+]1noc(NOC(=O)OC(C)(C)C)c1C=O. The van der Waals surface area contributed by atoms with E-state index >= 15 is 0 Å². The zero-order valence-corrected chi connectivity index (χ0v) is 11.6. The summed E-state index contributed by atoms with van der Waals surface area (Å²) in [6.45, 7) is 8.76. The molecular weight excluding hydrogens is 254 g/mol. The van der Waals surface area contributed by atoms with Gasteiger partial charge < -0.3 is 9.57 Å². The zero-order chi connectivity index (χ0) is 14.6. The third-order valence-corrected chi connectivity index (χ3v) is 1.92. The minimum atomic E-state index is -0.933. The third kappa shape index (κ3) is 4.23. The first-order chi connectivity index (χ1) is 8.74. The van der Waals surface area contributed by atoms with Gasteiger partial charge in [-0.05, 0) is 25.5 Å². The Balaban J connectivity index is 2.68. The molecule has 0 aromatic carbocycles. The molecule has 1 N–H and O–H groups in total. The van der Waals surface area contributed by atoms with Gasteiger partial charge in [-0.1, -0.05) is 0 Å². The molecule has 1 aromatic heterocycles. The third-order valence-electron chi connectivity index (χ3n) is 1.92. The van der Waals surface area contributed by atoms with Crippen LogP contribution in [-0.4, -0.2) is 23.3 Å². The second-order valence-electron chi connectivity index (χ2n) is 5.11. The molecule has 106 valence electrons. The molecule has 1 heterocycles. The first kappa shape index (κ1) is 14.9. The van der Waals surface area contributed by atoms with Crippen molar-refractivity contribution in [2.75, 3.05) is 5.48 Å². The van der Waals surface area contributed by atoms with Crippen molar-refractivity contribution in [2.24, 2.45) is 0 Å². The number of hydrogen-bond acceptors (Lipinski definition) is 7. The number of hydrogen-bond donors (Lipinski definition) is 1. The quantitative estimate of drug-likeness (QED) is 0.385. The Morgan fingerprint density at radius 1 is 1.47 bits per heavy atom. The number of nitrogens with one attached hydrogen (secondary N) is 1. The van der Waals surface area contributed by atoms with Crippen LogP contribution in [0.1, 0.15) is 51.1 Å². The van der Waals surface area contributed by atoms with E-state index in [2.05, 4.69) is 15.6 Å². The summed E-state index contributed by atoms with van der Waals surface area (Å²) in [5.41, 5.74) is 1.67. The Morgan fingerprint density at radius 3 is 2.58 bits per heavy atom. The van der Waals surface area contributed by atoms with Crippen LogP contribution in [0.25, 0.3) is 0 Å². The zero-order valence-electron chi connectivity index (χ0n) is 11.6. The highest BCUT2D eigenvalue weighted by Gasteiger charge is 2.28. The summed E-state index contributed by atoms with van der Waals surface area (Å²) in [5, 5.41) is 3.65. The molecule has 0 aliphatic rings. The highest BCUT2D eigenvalue weighted by molar-refractivity contribution is 5.76. The van der Waals surface area contributed by atoms with Crippen molar-refractivity contribution in [1.82, 2.24) is 5.27 Å². The lowest BCUT2D eigenvalue weighted by Crippen LogP contribution is -2.41. The van der Waals surface area contributed by atoms with Gasteiger partial charge in [-0.25, -0.2) is 4.79 Å². The molecule has 1 rings (SSSR count). The van der Waals surface area contributed by atoms with E-state index in [1.165, 1.54) is 4.68 Å². The predicted octanol–water partition coefficient (Wildman–Crippen LogP) is 1.63. The van der Waals surface area contributed by atoms with Gasteiger partial charge in [-0.3, -0.25) is 9.32 Å². The smallest absolute Gasteiger partial charge is 0.427 e. The van der Waals surface area contributed by atoms with Gasteiger partial charge in [0.05, 0.1) is 0 Å². The van der Waals surface area contributed by atoms with Gasteiger partial charge in [0.15, 0.2) is 6.04 Å². The number of nitrogens with zero attached hydrogens (tertiary/aromatic N) is 2. The monoisotopic (exact) mass is 272 g/mol. The molecule has 0 fully saturated rings. The second kappa shape index (κ2) is 5.68. The lowest BCUT2D eigenvalue weighted by atomic mass is 10.2. The fourth-order valence-electron chi connectivity index (χ4n) is 1.19. The molecule has 0 saturated heterocycles. The number of carbonyl (C=O) groups is 2. The van der Waals surface area contributed by atoms with Crippen LogP contribution in [0.2, 0.25) is 0 Å². The Hall–Kier alpha value is -2.12. The summed E-state index contributed by atoms with van der Waals surface area (Å²) in [4.78, 5) is 26.9. The number of aldehydes is 1. The first-order valence-corrected chi connectivity index (χ1v) is 5.77. The molecular formula is C11H18N3O5+. The summed E-state index contributed by atoms with van der Waals surface area (Å²) < 4.78 is 11.1. The van der Waals surface area contributed by atoms with E-state index < -0.39 is 11.8 Å². The standard InChI is InChI=1S/C11H17N3O5/c1-7(2)14-8(6-15)9(18-13-14)12-19-10(16)17-11(3,4)5/h6-7H,1-5H3/p+1. The predicted molar refractivity (Wildman–Crippen MR) is 63.4 cm³/mol. The molecule has 0 amide bonds. The molecule has 8 nitrogen and oxygen atoms in total. The summed E-state index contributed by atoms with van der Waals surface area (Å²) >= 11 is 0. The van der Waals surface area contributed by atoms with Crippen LogP contribution in [-0.2, 0) is 9.57 Å². The molecule has 0 radical (unpaired) electrons. The molecule has 19 heavy (non-hydrogen) atoms. The van der Waals surface area contributed by atoms with Crippen LogP contribution in [0.5, 0.6) is 0 Å². The molecule has 8 heteroatoms. The Kier molecular flexibility index (Phi) is 4.47. The molecule has 1 aromatic rings. The van der Waals surface area contributed by atoms with Gasteiger partial charge in [0, 0.05) is 13.8 Å². The van der Waals surface area contributed by atoms with Crippen molar-refractivity contribution < 1.29 is 28.4 Å². The van der Waals surface area contributed by atoms with Gasteiger partial charge in [-0.15, -0.1) is 0 Å². The summed E-state index contributed by atoms with van der Waals surface area (Å²) in [7, 11) is 0. The highest BCUT2D eigenvalue weighted by atomic mass is 16.8. The van der Waals surface area contributed by atoms with E-state index in [1.54, 1.807) is 20.8 Å². The largest absolute Gasteiger partial charge is 0.533 e. The number of aromatic nitrogens is 2. The average molecular weight is 272 g/mol. The summed E-state index contributed by atoms with van der Waals surface area (Å²) in [6, 6.07) is -0.0685. The van der Waals surface area contributed by atoms with E-state index in [0.29, 0.717) is 6.29 Å². The van der Waals surface area contributed by atoms with E-state index in [-0.39, 0.29) is 17.6 Å². The summed E-state index contributed by atoms with van der Waals surface area (Å²) in [5.74, 6) is -0.0606. The molecule has 0 aliphatic carbocycles. The molecule has 0 spiro atoms.